The molecular formula is C11H13BrN4O. The minimum absolute atomic E-state index is 0.182. The molecule has 0 aliphatic heterocycles. The van der Waals surface area contributed by atoms with Crippen LogP contribution < -0.4 is 11.3 Å². The Morgan fingerprint density at radius 3 is 2.82 bits per heavy atom. The summed E-state index contributed by atoms with van der Waals surface area (Å²) in [7, 11) is 1.85. The third-order valence-electron chi connectivity index (χ3n) is 2.63. The number of hydrogen-bond donors (Lipinski definition) is 1. The van der Waals surface area contributed by atoms with E-state index < -0.39 is 0 Å². The van der Waals surface area contributed by atoms with Gasteiger partial charge < -0.3 is 10.3 Å². The molecule has 2 rings (SSSR count). The second kappa shape index (κ2) is 4.37. The number of aromatic nitrogens is 3. The standard InChI is InChI=1S/C11H13BrN4O/c1-7-10(12)9(15(2)14-7)6-16-5-3-4-8(13)11(16)17/h3-5H,6,13H2,1-2H3. The summed E-state index contributed by atoms with van der Waals surface area (Å²) in [6, 6.07) is 3.36. The molecule has 2 aromatic rings. The zero-order valence-corrected chi connectivity index (χ0v) is 11.2. The van der Waals surface area contributed by atoms with Crippen molar-refractivity contribution >= 4 is 21.6 Å². The third-order valence-corrected chi connectivity index (χ3v) is 3.66. The van der Waals surface area contributed by atoms with Crippen molar-refractivity contribution in [2.45, 2.75) is 13.5 Å². The summed E-state index contributed by atoms with van der Waals surface area (Å²) in [5.74, 6) is 0. The number of pyridine rings is 1. The van der Waals surface area contributed by atoms with Crippen molar-refractivity contribution in [2.24, 2.45) is 7.05 Å². The summed E-state index contributed by atoms with van der Waals surface area (Å²) in [5, 5.41) is 4.28. The van der Waals surface area contributed by atoms with E-state index in [9.17, 15) is 4.79 Å². The number of halogens is 1. The Morgan fingerprint density at radius 2 is 2.24 bits per heavy atom. The fourth-order valence-corrected chi connectivity index (χ4v) is 2.15. The molecule has 0 aromatic carbocycles. The van der Waals surface area contributed by atoms with Crippen molar-refractivity contribution in [1.29, 1.82) is 0 Å². The summed E-state index contributed by atoms with van der Waals surface area (Å²) < 4.78 is 4.25. The minimum atomic E-state index is -0.182. The molecule has 0 aliphatic carbocycles. The Balaban J connectivity index is 2.45. The maximum Gasteiger partial charge on any atom is 0.274 e. The van der Waals surface area contributed by atoms with E-state index in [0.29, 0.717) is 6.54 Å². The SMILES string of the molecule is Cc1nn(C)c(Cn2cccc(N)c2=O)c1Br. The molecular weight excluding hydrogens is 284 g/mol. The molecule has 2 N–H and O–H groups in total. The molecule has 0 amide bonds. The van der Waals surface area contributed by atoms with Gasteiger partial charge in [-0.3, -0.25) is 9.48 Å². The molecule has 0 atom stereocenters. The van der Waals surface area contributed by atoms with Gasteiger partial charge in [-0.2, -0.15) is 5.10 Å². The predicted molar refractivity (Wildman–Crippen MR) is 69.9 cm³/mol. The average Bonchev–Trinajstić information content (AvgIpc) is 2.51. The first kappa shape index (κ1) is 11.9. The van der Waals surface area contributed by atoms with Gasteiger partial charge in [0.25, 0.3) is 5.56 Å². The van der Waals surface area contributed by atoms with Crippen LogP contribution in [0.25, 0.3) is 0 Å². The van der Waals surface area contributed by atoms with E-state index in [-0.39, 0.29) is 11.2 Å². The molecule has 0 saturated heterocycles. The number of aryl methyl sites for hydroxylation is 2. The van der Waals surface area contributed by atoms with Gasteiger partial charge in [-0.15, -0.1) is 0 Å². The van der Waals surface area contributed by atoms with Crippen LogP contribution in [-0.4, -0.2) is 14.3 Å². The lowest BCUT2D eigenvalue weighted by molar-refractivity contribution is 0.651. The minimum Gasteiger partial charge on any atom is -0.394 e. The fourth-order valence-electron chi connectivity index (χ4n) is 1.69. The molecule has 5 nitrogen and oxygen atoms in total. The van der Waals surface area contributed by atoms with Gasteiger partial charge in [0.1, 0.15) is 0 Å². The first-order valence-corrected chi connectivity index (χ1v) is 5.93. The van der Waals surface area contributed by atoms with Crippen molar-refractivity contribution in [1.82, 2.24) is 14.3 Å². The summed E-state index contributed by atoms with van der Waals surface area (Å²) in [6.07, 6.45) is 1.72. The van der Waals surface area contributed by atoms with Crippen LogP contribution in [0.3, 0.4) is 0 Å². The van der Waals surface area contributed by atoms with Crippen LogP contribution in [0.15, 0.2) is 27.6 Å². The number of anilines is 1. The van der Waals surface area contributed by atoms with Gasteiger partial charge in [0.2, 0.25) is 0 Å². The van der Waals surface area contributed by atoms with Gasteiger partial charge in [0, 0.05) is 13.2 Å². The van der Waals surface area contributed by atoms with Gasteiger partial charge in [-0.05, 0) is 35.0 Å². The molecule has 0 spiro atoms. The van der Waals surface area contributed by atoms with E-state index in [4.69, 9.17) is 5.73 Å². The van der Waals surface area contributed by atoms with Gasteiger partial charge >= 0.3 is 0 Å². The number of nitrogens with zero attached hydrogens (tertiary/aromatic N) is 3. The zero-order chi connectivity index (χ0) is 12.6. The highest BCUT2D eigenvalue weighted by atomic mass is 79.9. The van der Waals surface area contributed by atoms with Crippen LogP contribution in [0.4, 0.5) is 5.69 Å². The summed E-state index contributed by atoms with van der Waals surface area (Å²) >= 11 is 3.47. The van der Waals surface area contributed by atoms with Crippen LogP contribution >= 0.6 is 15.9 Å². The second-order valence-corrected chi connectivity index (χ2v) is 4.66. The van der Waals surface area contributed by atoms with Crippen LogP contribution in [0.5, 0.6) is 0 Å². The zero-order valence-electron chi connectivity index (χ0n) is 9.64. The second-order valence-electron chi connectivity index (χ2n) is 3.87. The molecule has 2 aromatic heterocycles. The van der Waals surface area contributed by atoms with E-state index in [1.807, 2.05) is 14.0 Å². The molecule has 0 saturated carbocycles. The van der Waals surface area contributed by atoms with Gasteiger partial charge in [0.15, 0.2) is 0 Å². The molecule has 0 radical (unpaired) electrons. The van der Waals surface area contributed by atoms with Crippen LogP contribution in [-0.2, 0) is 13.6 Å². The van der Waals surface area contributed by atoms with Crippen molar-refractivity contribution in [3.05, 3.63) is 44.5 Å². The molecule has 2 heterocycles. The highest BCUT2D eigenvalue weighted by Crippen LogP contribution is 2.20. The maximum absolute atomic E-state index is 11.8. The third kappa shape index (κ3) is 2.12. The van der Waals surface area contributed by atoms with Crippen LogP contribution in [0.1, 0.15) is 11.4 Å². The lowest BCUT2D eigenvalue weighted by Gasteiger charge is -2.07. The van der Waals surface area contributed by atoms with E-state index in [0.717, 1.165) is 15.9 Å². The predicted octanol–water partition coefficient (Wildman–Crippen LogP) is 1.28. The first-order chi connectivity index (χ1) is 8.00. The monoisotopic (exact) mass is 296 g/mol. The number of rotatable bonds is 2. The molecule has 0 aliphatic rings. The highest BCUT2D eigenvalue weighted by Gasteiger charge is 2.11. The quantitative estimate of drug-likeness (QED) is 0.908. The van der Waals surface area contributed by atoms with Crippen molar-refractivity contribution in [3.63, 3.8) is 0 Å². The molecule has 0 bridgehead atoms. The summed E-state index contributed by atoms with van der Waals surface area (Å²) in [6.45, 7) is 2.36. The van der Waals surface area contributed by atoms with Crippen molar-refractivity contribution in [2.75, 3.05) is 5.73 Å². The van der Waals surface area contributed by atoms with E-state index >= 15 is 0 Å². The van der Waals surface area contributed by atoms with Crippen molar-refractivity contribution < 1.29 is 0 Å². The van der Waals surface area contributed by atoms with Gasteiger partial charge in [-0.25, -0.2) is 0 Å². The normalized spacial score (nSPS) is 10.8. The largest absolute Gasteiger partial charge is 0.394 e. The number of nitrogen functional groups attached to an aromatic ring is 1. The van der Waals surface area contributed by atoms with Crippen molar-refractivity contribution in [3.8, 4) is 0 Å². The Kier molecular flexibility index (Phi) is 3.06. The lowest BCUT2D eigenvalue weighted by atomic mass is 10.3. The first-order valence-electron chi connectivity index (χ1n) is 5.13. The van der Waals surface area contributed by atoms with E-state index in [1.165, 1.54) is 0 Å². The number of nitrogens with two attached hydrogens (primary N) is 1. The van der Waals surface area contributed by atoms with Gasteiger partial charge in [-0.1, -0.05) is 0 Å². The maximum atomic E-state index is 11.8. The smallest absolute Gasteiger partial charge is 0.274 e. The number of hydrogen-bond acceptors (Lipinski definition) is 3. The molecule has 6 heteroatoms. The Bertz CT molecular complexity index is 614. The lowest BCUT2D eigenvalue weighted by Crippen LogP contribution is -2.23. The Hall–Kier alpha value is -1.56. The Labute approximate surface area is 107 Å². The fraction of sp³-hybridized carbons (Fsp3) is 0.273. The van der Waals surface area contributed by atoms with E-state index in [2.05, 4.69) is 21.0 Å². The van der Waals surface area contributed by atoms with Crippen LogP contribution in [0, 0.1) is 6.92 Å². The highest BCUT2D eigenvalue weighted by molar-refractivity contribution is 9.10. The topological polar surface area (TPSA) is 65.8 Å². The molecule has 90 valence electrons. The van der Waals surface area contributed by atoms with Gasteiger partial charge in [0.05, 0.1) is 28.1 Å². The van der Waals surface area contributed by atoms with Crippen LogP contribution in [0.2, 0.25) is 0 Å². The Morgan fingerprint density at radius 1 is 1.53 bits per heavy atom. The average molecular weight is 297 g/mol. The van der Waals surface area contributed by atoms with E-state index in [1.54, 1.807) is 27.6 Å². The summed E-state index contributed by atoms with van der Waals surface area (Å²) in [5.41, 5.74) is 7.50. The summed E-state index contributed by atoms with van der Waals surface area (Å²) in [4.78, 5) is 11.8. The molecule has 0 fully saturated rings. The molecule has 0 unspecified atom stereocenters. The molecule has 17 heavy (non-hydrogen) atoms.